The van der Waals surface area contributed by atoms with E-state index in [0.717, 1.165) is 6.07 Å². The quantitative estimate of drug-likeness (QED) is 0.926. The van der Waals surface area contributed by atoms with Crippen LogP contribution in [0.2, 0.25) is 0 Å². The van der Waals surface area contributed by atoms with Crippen LogP contribution in [-0.4, -0.2) is 32.9 Å². The van der Waals surface area contributed by atoms with E-state index in [-0.39, 0.29) is 25.1 Å². The summed E-state index contributed by atoms with van der Waals surface area (Å²) in [4.78, 5) is 1.75. The fourth-order valence-corrected chi connectivity index (χ4v) is 3.09. The molecule has 5 nitrogen and oxygen atoms in total. The van der Waals surface area contributed by atoms with E-state index in [1.165, 1.54) is 12.1 Å². The van der Waals surface area contributed by atoms with Crippen LogP contribution in [-0.2, 0) is 19.1 Å². The summed E-state index contributed by atoms with van der Waals surface area (Å²) in [5.74, 6) is 0.826. The first-order chi connectivity index (χ1) is 11.4. The molecule has 0 amide bonds. The molecule has 2 heterocycles. The molecule has 2 atom stereocenters. The minimum atomic E-state index is -4.43. The highest BCUT2D eigenvalue weighted by Gasteiger charge is 2.40. The number of hydrogen-bond acceptors (Lipinski definition) is 5. The molecule has 1 aromatic carbocycles. The number of hydrogen-bond donors (Lipinski definition) is 1. The minimum Gasteiger partial charge on any atom is -0.424 e. The largest absolute Gasteiger partial charge is 0.424 e. The van der Waals surface area contributed by atoms with Gasteiger partial charge >= 0.3 is 6.18 Å². The molecule has 0 radical (unpaired) electrons. The van der Waals surface area contributed by atoms with Gasteiger partial charge in [0.25, 0.3) is 0 Å². The number of likely N-dealkylation sites (tertiary alicyclic amines) is 1. The van der Waals surface area contributed by atoms with Crippen LogP contribution in [0.5, 0.6) is 0 Å². The summed E-state index contributed by atoms with van der Waals surface area (Å²) in [7, 11) is 0. The van der Waals surface area contributed by atoms with Gasteiger partial charge in [0, 0.05) is 19.0 Å². The van der Waals surface area contributed by atoms with E-state index in [9.17, 15) is 18.3 Å². The Morgan fingerprint density at radius 3 is 2.62 bits per heavy atom. The van der Waals surface area contributed by atoms with E-state index in [2.05, 4.69) is 10.2 Å². The first kappa shape index (κ1) is 16.9. The van der Waals surface area contributed by atoms with Crippen LogP contribution in [0.4, 0.5) is 13.2 Å². The van der Waals surface area contributed by atoms with Gasteiger partial charge in [0.15, 0.2) is 0 Å². The van der Waals surface area contributed by atoms with Crippen molar-refractivity contribution in [3.63, 3.8) is 0 Å². The standard InChI is InChI=1S/C16H18F3N3O2/c1-2-14-20-21-15(24-14)9-22-8-10(23)7-13(22)11-5-3-4-6-12(11)16(17,18)19/h3-6,10,13,23H,2,7-9H2,1H3. The highest BCUT2D eigenvalue weighted by Crippen LogP contribution is 2.40. The molecule has 1 fully saturated rings. The van der Waals surface area contributed by atoms with Crippen molar-refractivity contribution in [2.24, 2.45) is 0 Å². The van der Waals surface area contributed by atoms with Crippen LogP contribution in [0.15, 0.2) is 28.7 Å². The Kier molecular flexibility index (Phi) is 4.60. The summed E-state index contributed by atoms with van der Waals surface area (Å²) in [6.07, 6.45) is -4.29. The summed E-state index contributed by atoms with van der Waals surface area (Å²) in [5.41, 5.74) is -0.509. The Balaban J connectivity index is 1.88. The maximum atomic E-state index is 13.3. The number of halogens is 3. The second kappa shape index (κ2) is 6.52. The lowest BCUT2D eigenvalue weighted by atomic mass is 9.97. The predicted octanol–water partition coefficient (Wildman–Crippen LogP) is 2.96. The number of nitrogens with zero attached hydrogens (tertiary/aromatic N) is 3. The molecule has 3 rings (SSSR count). The topological polar surface area (TPSA) is 62.4 Å². The fourth-order valence-electron chi connectivity index (χ4n) is 3.09. The first-order valence-electron chi connectivity index (χ1n) is 7.78. The molecule has 2 aromatic rings. The maximum Gasteiger partial charge on any atom is 0.416 e. The molecule has 1 aromatic heterocycles. The minimum absolute atomic E-state index is 0.164. The van der Waals surface area contributed by atoms with Gasteiger partial charge in [0.1, 0.15) is 0 Å². The maximum absolute atomic E-state index is 13.3. The number of aliphatic hydroxyl groups is 1. The van der Waals surface area contributed by atoms with Gasteiger partial charge in [-0.15, -0.1) is 10.2 Å². The second-order valence-corrected chi connectivity index (χ2v) is 5.86. The van der Waals surface area contributed by atoms with Crippen molar-refractivity contribution in [2.45, 2.75) is 44.6 Å². The molecular formula is C16H18F3N3O2. The zero-order valence-corrected chi connectivity index (χ0v) is 13.1. The molecule has 2 unspecified atom stereocenters. The van der Waals surface area contributed by atoms with Gasteiger partial charge in [-0.2, -0.15) is 13.2 Å². The van der Waals surface area contributed by atoms with Crippen molar-refractivity contribution in [1.29, 1.82) is 0 Å². The molecule has 1 aliphatic rings. The smallest absolute Gasteiger partial charge is 0.416 e. The number of rotatable bonds is 4. The van der Waals surface area contributed by atoms with Crippen molar-refractivity contribution >= 4 is 0 Å². The molecule has 1 saturated heterocycles. The van der Waals surface area contributed by atoms with E-state index in [0.29, 0.717) is 18.2 Å². The third kappa shape index (κ3) is 3.44. The Hall–Kier alpha value is -1.93. The van der Waals surface area contributed by atoms with Gasteiger partial charge in [-0.3, -0.25) is 4.90 Å². The van der Waals surface area contributed by atoms with Gasteiger partial charge in [-0.25, -0.2) is 0 Å². The van der Waals surface area contributed by atoms with Crippen LogP contribution in [0.3, 0.4) is 0 Å². The Morgan fingerprint density at radius 1 is 1.25 bits per heavy atom. The summed E-state index contributed by atoms with van der Waals surface area (Å²) in [6, 6.07) is 4.93. The van der Waals surface area contributed by atoms with Crippen molar-refractivity contribution in [2.75, 3.05) is 6.54 Å². The average Bonchev–Trinajstić information content (AvgIpc) is 3.13. The monoisotopic (exact) mass is 341 g/mol. The molecule has 0 saturated carbocycles. The molecule has 130 valence electrons. The highest BCUT2D eigenvalue weighted by atomic mass is 19.4. The number of aliphatic hydroxyl groups excluding tert-OH is 1. The van der Waals surface area contributed by atoms with Crippen LogP contribution in [0.1, 0.15) is 42.3 Å². The summed E-state index contributed by atoms with van der Waals surface area (Å²) < 4.78 is 45.3. The Morgan fingerprint density at radius 2 is 1.96 bits per heavy atom. The lowest BCUT2D eigenvalue weighted by Crippen LogP contribution is -2.26. The highest BCUT2D eigenvalue weighted by molar-refractivity contribution is 5.33. The van der Waals surface area contributed by atoms with Crippen molar-refractivity contribution in [1.82, 2.24) is 15.1 Å². The SMILES string of the molecule is CCc1nnc(CN2CC(O)CC2c2ccccc2C(F)(F)F)o1. The van der Waals surface area contributed by atoms with Gasteiger partial charge < -0.3 is 9.52 Å². The van der Waals surface area contributed by atoms with Gasteiger partial charge in [-0.1, -0.05) is 25.1 Å². The molecule has 0 aliphatic carbocycles. The summed E-state index contributed by atoms with van der Waals surface area (Å²) >= 11 is 0. The van der Waals surface area contributed by atoms with Crippen molar-refractivity contribution in [3.05, 3.63) is 47.2 Å². The normalized spacial score (nSPS) is 22.2. The molecule has 8 heteroatoms. The number of benzene rings is 1. The zero-order valence-electron chi connectivity index (χ0n) is 13.1. The summed E-state index contributed by atoms with van der Waals surface area (Å²) in [5, 5.41) is 17.7. The lowest BCUT2D eigenvalue weighted by molar-refractivity contribution is -0.138. The number of alkyl halides is 3. The Bertz CT molecular complexity index is 702. The third-order valence-corrected chi connectivity index (χ3v) is 4.16. The van der Waals surface area contributed by atoms with E-state index >= 15 is 0 Å². The lowest BCUT2D eigenvalue weighted by Gasteiger charge is -2.25. The number of aryl methyl sites for hydroxylation is 1. The molecule has 1 aliphatic heterocycles. The molecule has 0 bridgehead atoms. The van der Waals surface area contributed by atoms with Crippen LogP contribution in [0, 0.1) is 0 Å². The van der Waals surface area contributed by atoms with E-state index < -0.39 is 23.9 Å². The third-order valence-electron chi connectivity index (χ3n) is 4.16. The Labute approximate surface area is 137 Å². The van der Waals surface area contributed by atoms with Gasteiger partial charge in [0.05, 0.1) is 18.2 Å². The predicted molar refractivity (Wildman–Crippen MR) is 78.9 cm³/mol. The van der Waals surface area contributed by atoms with Gasteiger partial charge in [-0.05, 0) is 18.1 Å². The van der Waals surface area contributed by atoms with Crippen LogP contribution >= 0.6 is 0 Å². The van der Waals surface area contributed by atoms with E-state index in [4.69, 9.17) is 4.42 Å². The zero-order chi connectivity index (χ0) is 17.3. The average molecular weight is 341 g/mol. The second-order valence-electron chi connectivity index (χ2n) is 5.86. The summed E-state index contributed by atoms with van der Waals surface area (Å²) in [6.45, 7) is 2.35. The number of aromatic nitrogens is 2. The number of β-amino-alcohol motifs (C(OH)–C–C–N with tert-alkyl or cyclic N) is 1. The van der Waals surface area contributed by atoms with E-state index in [1.54, 1.807) is 11.0 Å². The van der Waals surface area contributed by atoms with Crippen LogP contribution < -0.4 is 0 Å². The molecule has 1 N–H and O–H groups in total. The van der Waals surface area contributed by atoms with Gasteiger partial charge in [0.2, 0.25) is 11.8 Å². The van der Waals surface area contributed by atoms with Crippen molar-refractivity contribution in [3.8, 4) is 0 Å². The molecule has 24 heavy (non-hydrogen) atoms. The van der Waals surface area contributed by atoms with Crippen molar-refractivity contribution < 1.29 is 22.7 Å². The molecule has 0 spiro atoms. The van der Waals surface area contributed by atoms with Crippen LogP contribution in [0.25, 0.3) is 0 Å². The molecular weight excluding hydrogens is 323 g/mol. The fraction of sp³-hybridized carbons (Fsp3) is 0.500. The van der Waals surface area contributed by atoms with E-state index in [1.807, 2.05) is 6.92 Å². The first-order valence-corrected chi connectivity index (χ1v) is 7.78.